The van der Waals surface area contributed by atoms with Crippen LogP contribution >= 0.6 is 0 Å². The van der Waals surface area contributed by atoms with Crippen LogP contribution < -0.4 is 0 Å². The van der Waals surface area contributed by atoms with Gasteiger partial charge in [0.05, 0.1) is 12.8 Å². The van der Waals surface area contributed by atoms with Gasteiger partial charge in [0, 0.05) is 42.9 Å². The van der Waals surface area contributed by atoms with Crippen molar-refractivity contribution in [3.05, 3.63) is 41.6 Å². The van der Waals surface area contributed by atoms with Crippen molar-refractivity contribution in [1.82, 2.24) is 20.0 Å². The number of methoxy groups -OCH3 is 1. The second kappa shape index (κ2) is 8.04. The van der Waals surface area contributed by atoms with E-state index in [1.807, 2.05) is 23.1 Å². The molecule has 7 heteroatoms. The fourth-order valence-corrected chi connectivity index (χ4v) is 4.27. The second-order valence-corrected chi connectivity index (χ2v) is 7.40. The van der Waals surface area contributed by atoms with Crippen molar-refractivity contribution in [1.29, 1.82) is 0 Å². The molecular weight excluding hydrogens is 356 g/mol. The van der Waals surface area contributed by atoms with Crippen molar-refractivity contribution in [2.24, 2.45) is 0 Å². The summed E-state index contributed by atoms with van der Waals surface area (Å²) in [6, 6.07) is 9.71. The van der Waals surface area contributed by atoms with Crippen LogP contribution in [-0.2, 0) is 22.4 Å². The van der Waals surface area contributed by atoms with Crippen molar-refractivity contribution in [3.8, 4) is 11.3 Å². The molecule has 1 unspecified atom stereocenters. The van der Waals surface area contributed by atoms with E-state index in [0.717, 1.165) is 42.6 Å². The fourth-order valence-electron chi connectivity index (χ4n) is 4.27. The minimum atomic E-state index is -0.413. The third-order valence-corrected chi connectivity index (χ3v) is 5.77. The summed E-state index contributed by atoms with van der Waals surface area (Å²) < 4.78 is 4.89. The van der Waals surface area contributed by atoms with Gasteiger partial charge in [0.15, 0.2) is 0 Å². The summed E-state index contributed by atoms with van der Waals surface area (Å²) >= 11 is 0. The fraction of sp³-hybridized carbons (Fsp3) is 0.476. The summed E-state index contributed by atoms with van der Waals surface area (Å²) in [7, 11) is 1.37. The molecule has 1 aromatic heterocycles. The molecule has 2 amide bonds. The van der Waals surface area contributed by atoms with Crippen LogP contribution in [-0.4, -0.2) is 64.8 Å². The van der Waals surface area contributed by atoms with E-state index in [9.17, 15) is 9.59 Å². The van der Waals surface area contributed by atoms with E-state index in [4.69, 9.17) is 4.74 Å². The lowest BCUT2D eigenvalue weighted by Crippen LogP contribution is -2.53. The SMILES string of the molecule is COC(=O)N1CCCCC1C(=O)N1CCc2[nH]nc(-c3ccccc3)c2CC1. The molecule has 1 aromatic carbocycles. The first-order chi connectivity index (χ1) is 13.7. The molecule has 2 aliphatic rings. The average molecular weight is 382 g/mol. The molecule has 0 radical (unpaired) electrons. The Morgan fingerprint density at radius 3 is 2.68 bits per heavy atom. The van der Waals surface area contributed by atoms with Gasteiger partial charge in [-0.2, -0.15) is 5.10 Å². The molecule has 1 fully saturated rings. The van der Waals surface area contributed by atoms with E-state index >= 15 is 0 Å². The lowest BCUT2D eigenvalue weighted by molar-refractivity contribution is -0.137. The van der Waals surface area contributed by atoms with Crippen LogP contribution in [0.5, 0.6) is 0 Å². The molecule has 4 rings (SSSR count). The van der Waals surface area contributed by atoms with Gasteiger partial charge >= 0.3 is 6.09 Å². The molecule has 28 heavy (non-hydrogen) atoms. The maximum Gasteiger partial charge on any atom is 0.410 e. The zero-order valence-corrected chi connectivity index (χ0v) is 16.2. The van der Waals surface area contributed by atoms with Crippen molar-refractivity contribution >= 4 is 12.0 Å². The quantitative estimate of drug-likeness (QED) is 0.866. The van der Waals surface area contributed by atoms with E-state index in [0.29, 0.717) is 26.1 Å². The van der Waals surface area contributed by atoms with E-state index in [2.05, 4.69) is 22.3 Å². The number of ether oxygens (including phenoxy) is 1. The number of carbonyl (C=O) groups excluding carboxylic acids is 2. The number of H-pyrrole nitrogens is 1. The predicted octanol–water partition coefficient (Wildman–Crippen LogP) is 2.62. The molecule has 0 spiro atoms. The molecule has 0 bridgehead atoms. The van der Waals surface area contributed by atoms with E-state index in [1.165, 1.54) is 12.7 Å². The van der Waals surface area contributed by atoms with Gasteiger partial charge in [-0.05, 0) is 25.7 Å². The molecule has 1 atom stereocenters. The zero-order valence-electron chi connectivity index (χ0n) is 16.2. The summed E-state index contributed by atoms with van der Waals surface area (Å²) in [4.78, 5) is 28.8. The summed E-state index contributed by atoms with van der Waals surface area (Å²) in [6.07, 6.45) is 3.66. The highest BCUT2D eigenvalue weighted by molar-refractivity contribution is 5.86. The van der Waals surface area contributed by atoms with Crippen LogP contribution in [0.2, 0.25) is 0 Å². The summed E-state index contributed by atoms with van der Waals surface area (Å²) in [6.45, 7) is 1.85. The van der Waals surface area contributed by atoms with Crippen molar-refractivity contribution in [3.63, 3.8) is 0 Å². The number of amides is 2. The highest BCUT2D eigenvalue weighted by Crippen LogP contribution is 2.27. The number of fused-ring (bicyclic) bond motifs is 1. The Bertz CT molecular complexity index is 849. The van der Waals surface area contributed by atoms with Crippen LogP contribution in [0.3, 0.4) is 0 Å². The standard InChI is InChI=1S/C21H26N4O3/c1-28-21(27)25-12-6-5-9-18(25)20(26)24-13-10-16-17(11-14-24)22-23-19(16)15-7-3-2-4-8-15/h2-4,7-8,18H,5-6,9-14H2,1H3,(H,22,23). The molecule has 0 aliphatic carbocycles. The van der Waals surface area contributed by atoms with E-state index in [-0.39, 0.29) is 5.91 Å². The number of nitrogens with zero attached hydrogens (tertiary/aromatic N) is 3. The van der Waals surface area contributed by atoms with Gasteiger partial charge in [0.1, 0.15) is 6.04 Å². The Morgan fingerprint density at radius 1 is 1.11 bits per heavy atom. The first-order valence-corrected chi connectivity index (χ1v) is 9.94. The normalized spacial score (nSPS) is 19.7. The molecule has 0 saturated carbocycles. The first-order valence-electron chi connectivity index (χ1n) is 9.94. The number of hydrogen-bond acceptors (Lipinski definition) is 4. The molecule has 2 aliphatic heterocycles. The van der Waals surface area contributed by atoms with Crippen LogP contribution in [0, 0.1) is 0 Å². The van der Waals surface area contributed by atoms with E-state index < -0.39 is 12.1 Å². The van der Waals surface area contributed by atoms with Gasteiger partial charge in [-0.15, -0.1) is 0 Å². The van der Waals surface area contributed by atoms with Crippen LogP contribution in [0.1, 0.15) is 30.5 Å². The molecular formula is C21H26N4O3. The molecule has 7 nitrogen and oxygen atoms in total. The number of rotatable bonds is 2. The monoisotopic (exact) mass is 382 g/mol. The smallest absolute Gasteiger partial charge is 0.410 e. The number of likely N-dealkylation sites (tertiary alicyclic amines) is 1. The Morgan fingerprint density at radius 2 is 1.89 bits per heavy atom. The number of benzene rings is 1. The highest BCUT2D eigenvalue weighted by atomic mass is 16.5. The van der Waals surface area contributed by atoms with Gasteiger partial charge in [-0.25, -0.2) is 4.79 Å². The topological polar surface area (TPSA) is 78.5 Å². The summed E-state index contributed by atoms with van der Waals surface area (Å²) in [5, 5.41) is 7.69. The second-order valence-electron chi connectivity index (χ2n) is 7.40. The molecule has 3 heterocycles. The van der Waals surface area contributed by atoms with Crippen molar-refractivity contribution < 1.29 is 14.3 Å². The van der Waals surface area contributed by atoms with Crippen LogP contribution in [0.25, 0.3) is 11.3 Å². The predicted molar refractivity (Wildman–Crippen MR) is 105 cm³/mol. The summed E-state index contributed by atoms with van der Waals surface area (Å²) in [5.41, 5.74) is 4.35. The van der Waals surface area contributed by atoms with Gasteiger partial charge in [-0.3, -0.25) is 14.8 Å². The number of aromatic amines is 1. The number of hydrogen-bond donors (Lipinski definition) is 1. The Balaban J connectivity index is 1.50. The lowest BCUT2D eigenvalue weighted by Gasteiger charge is -2.36. The molecule has 2 aromatic rings. The molecule has 1 N–H and O–H groups in total. The largest absolute Gasteiger partial charge is 0.453 e. The maximum atomic E-state index is 13.2. The maximum absolute atomic E-state index is 13.2. The van der Waals surface area contributed by atoms with Crippen LogP contribution in [0.15, 0.2) is 30.3 Å². The third kappa shape index (κ3) is 3.48. The lowest BCUT2D eigenvalue weighted by atomic mass is 10.0. The third-order valence-electron chi connectivity index (χ3n) is 5.77. The Kier molecular flexibility index (Phi) is 5.32. The summed E-state index contributed by atoms with van der Waals surface area (Å²) in [5.74, 6) is 0.0319. The Labute approximate surface area is 164 Å². The van der Waals surface area contributed by atoms with Gasteiger partial charge < -0.3 is 9.64 Å². The van der Waals surface area contributed by atoms with E-state index in [1.54, 1.807) is 4.90 Å². The highest BCUT2D eigenvalue weighted by Gasteiger charge is 2.36. The van der Waals surface area contributed by atoms with Crippen molar-refractivity contribution in [2.45, 2.75) is 38.1 Å². The average Bonchev–Trinajstić information content (AvgIpc) is 3.04. The minimum absolute atomic E-state index is 0.0319. The number of piperidine rings is 1. The number of carbonyl (C=O) groups is 2. The minimum Gasteiger partial charge on any atom is -0.453 e. The Hall–Kier alpha value is -2.83. The molecule has 148 valence electrons. The molecule has 1 saturated heterocycles. The van der Waals surface area contributed by atoms with Gasteiger partial charge in [0.2, 0.25) is 5.91 Å². The van der Waals surface area contributed by atoms with Gasteiger partial charge in [-0.1, -0.05) is 30.3 Å². The van der Waals surface area contributed by atoms with Gasteiger partial charge in [0.25, 0.3) is 0 Å². The number of aromatic nitrogens is 2. The zero-order chi connectivity index (χ0) is 19.5. The van der Waals surface area contributed by atoms with Crippen molar-refractivity contribution in [2.75, 3.05) is 26.7 Å². The first kappa shape index (κ1) is 18.5. The number of nitrogens with one attached hydrogen (secondary N) is 1. The van der Waals surface area contributed by atoms with Crippen LogP contribution in [0.4, 0.5) is 4.79 Å².